The lowest BCUT2D eigenvalue weighted by molar-refractivity contribution is -0.142. The van der Waals surface area contributed by atoms with Crippen molar-refractivity contribution in [2.24, 2.45) is 0 Å². The van der Waals surface area contributed by atoms with E-state index in [9.17, 15) is 18.8 Å². The van der Waals surface area contributed by atoms with Crippen molar-refractivity contribution in [3.63, 3.8) is 0 Å². The minimum atomic E-state index is -0.650. The first-order chi connectivity index (χ1) is 14.0. The Bertz CT molecular complexity index is 884. The van der Waals surface area contributed by atoms with Gasteiger partial charge < -0.3 is 20.3 Å². The molecule has 1 atom stereocenters. The van der Waals surface area contributed by atoms with Crippen molar-refractivity contribution in [1.82, 2.24) is 5.32 Å². The number of esters is 1. The molecule has 0 spiro atoms. The zero-order valence-electron chi connectivity index (χ0n) is 16.0. The summed E-state index contributed by atoms with van der Waals surface area (Å²) in [5.41, 5.74) is 1.91. The van der Waals surface area contributed by atoms with Crippen LogP contribution < -0.4 is 15.5 Å². The maximum absolute atomic E-state index is 13.1. The summed E-state index contributed by atoms with van der Waals surface area (Å²) in [5.74, 6) is -0.921. The van der Waals surface area contributed by atoms with Crippen molar-refractivity contribution in [1.29, 1.82) is 0 Å². The van der Waals surface area contributed by atoms with Gasteiger partial charge in [-0.3, -0.25) is 9.59 Å². The van der Waals surface area contributed by atoms with E-state index >= 15 is 0 Å². The van der Waals surface area contributed by atoms with Crippen molar-refractivity contribution >= 4 is 29.3 Å². The van der Waals surface area contributed by atoms with Crippen LogP contribution in [-0.2, 0) is 20.7 Å². The Morgan fingerprint density at radius 2 is 1.83 bits per heavy atom. The third kappa shape index (κ3) is 5.31. The zero-order valence-corrected chi connectivity index (χ0v) is 16.0. The van der Waals surface area contributed by atoms with Gasteiger partial charge in [0.25, 0.3) is 0 Å². The average molecular weight is 399 g/mol. The van der Waals surface area contributed by atoms with Crippen molar-refractivity contribution in [2.75, 3.05) is 23.4 Å². The molecule has 29 heavy (non-hydrogen) atoms. The van der Waals surface area contributed by atoms with Crippen LogP contribution >= 0.6 is 0 Å². The van der Waals surface area contributed by atoms with Crippen molar-refractivity contribution < 1.29 is 23.5 Å². The average Bonchev–Trinajstić information content (AvgIpc) is 3.04. The van der Waals surface area contributed by atoms with Crippen LogP contribution in [0.3, 0.4) is 0 Å². The van der Waals surface area contributed by atoms with Crippen molar-refractivity contribution in [2.45, 2.75) is 25.8 Å². The summed E-state index contributed by atoms with van der Waals surface area (Å²) in [7, 11) is 0. The van der Waals surface area contributed by atoms with Crippen LogP contribution in [0, 0.1) is 5.82 Å². The highest BCUT2D eigenvalue weighted by Crippen LogP contribution is 2.22. The number of carbonyl (C=O) groups excluding carboxylic acids is 3. The number of amides is 3. The molecule has 0 aromatic heterocycles. The Labute approximate surface area is 167 Å². The van der Waals surface area contributed by atoms with Gasteiger partial charge in [-0.15, -0.1) is 0 Å². The van der Waals surface area contributed by atoms with E-state index in [-0.39, 0.29) is 24.1 Å². The normalized spacial score (nSPS) is 15.9. The van der Waals surface area contributed by atoms with Crippen LogP contribution in [0.1, 0.15) is 18.9 Å². The quantitative estimate of drug-likeness (QED) is 0.732. The topological polar surface area (TPSA) is 87.7 Å². The van der Waals surface area contributed by atoms with Crippen LogP contribution in [0.2, 0.25) is 0 Å². The number of nitrogens with one attached hydrogen (secondary N) is 2. The summed E-state index contributed by atoms with van der Waals surface area (Å²) in [6.07, 6.45) is 0.623. The molecule has 0 radical (unpaired) electrons. The van der Waals surface area contributed by atoms with E-state index < -0.39 is 12.1 Å². The van der Waals surface area contributed by atoms with E-state index in [2.05, 4.69) is 10.6 Å². The van der Waals surface area contributed by atoms with Gasteiger partial charge in [-0.05, 0) is 55.3 Å². The predicted octanol–water partition coefficient (Wildman–Crippen LogP) is 2.86. The fourth-order valence-corrected chi connectivity index (χ4v) is 3.10. The highest BCUT2D eigenvalue weighted by Gasteiger charge is 2.33. The number of ether oxygens (including phenoxy) is 1. The number of urea groups is 1. The lowest BCUT2D eigenvalue weighted by Crippen LogP contribution is -2.43. The van der Waals surface area contributed by atoms with Gasteiger partial charge in [0, 0.05) is 17.9 Å². The third-order valence-corrected chi connectivity index (χ3v) is 4.51. The Kier molecular flexibility index (Phi) is 6.43. The summed E-state index contributed by atoms with van der Waals surface area (Å²) in [4.78, 5) is 37.8. The molecule has 3 amide bonds. The molecular weight excluding hydrogens is 377 g/mol. The number of anilines is 2. The van der Waals surface area contributed by atoms with Crippen LogP contribution in [0.15, 0.2) is 48.5 Å². The van der Waals surface area contributed by atoms with Crippen molar-refractivity contribution in [3.8, 4) is 0 Å². The van der Waals surface area contributed by atoms with Gasteiger partial charge in [0.15, 0.2) is 0 Å². The van der Waals surface area contributed by atoms with Crippen LogP contribution in [0.25, 0.3) is 0 Å². The number of nitrogens with zero attached hydrogens (tertiary/aromatic N) is 1. The monoisotopic (exact) mass is 399 g/mol. The highest BCUT2D eigenvalue weighted by molar-refractivity contribution is 6.02. The van der Waals surface area contributed by atoms with E-state index in [1.807, 2.05) is 0 Å². The number of carbonyl (C=O) groups is 3. The minimum Gasteiger partial charge on any atom is -0.466 e. The second kappa shape index (κ2) is 9.18. The van der Waals surface area contributed by atoms with Gasteiger partial charge in [0.05, 0.1) is 13.0 Å². The van der Waals surface area contributed by atoms with Gasteiger partial charge in [-0.2, -0.15) is 0 Å². The summed E-state index contributed by atoms with van der Waals surface area (Å²) in [6.45, 7) is 2.52. The second-order valence-electron chi connectivity index (χ2n) is 6.58. The first-order valence-corrected chi connectivity index (χ1v) is 9.35. The highest BCUT2D eigenvalue weighted by atomic mass is 19.1. The van der Waals surface area contributed by atoms with E-state index in [0.29, 0.717) is 30.9 Å². The maximum Gasteiger partial charge on any atom is 0.319 e. The second-order valence-corrected chi connectivity index (χ2v) is 6.58. The molecule has 152 valence electrons. The van der Waals surface area contributed by atoms with Crippen LogP contribution in [0.4, 0.5) is 20.6 Å². The Morgan fingerprint density at radius 3 is 2.48 bits per heavy atom. The fourth-order valence-electron chi connectivity index (χ4n) is 3.10. The predicted molar refractivity (Wildman–Crippen MR) is 106 cm³/mol. The summed E-state index contributed by atoms with van der Waals surface area (Å²) in [6, 6.07) is 11.3. The number of halogens is 1. The molecule has 2 N–H and O–H groups in total. The Hall–Kier alpha value is -3.42. The summed E-state index contributed by atoms with van der Waals surface area (Å²) in [5, 5.41) is 5.33. The molecule has 1 saturated heterocycles. The molecule has 1 fully saturated rings. The molecule has 0 bridgehead atoms. The van der Waals surface area contributed by atoms with E-state index in [4.69, 9.17) is 4.74 Å². The van der Waals surface area contributed by atoms with Gasteiger partial charge >= 0.3 is 12.0 Å². The lowest BCUT2D eigenvalue weighted by atomic mass is 10.1. The molecule has 1 aliphatic heterocycles. The van der Waals surface area contributed by atoms with Crippen LogP contribution in [0.5, 0.6) is 0 Å². The number of rotatable bonds is 6. The largest absolute Gasteiger partial charge is 0.466 e. The molecule has 1 aliphatic rings. The molecule has 0 saturated carbocycles. The summed E-state index contributed by atoms with van der Waals surface area (Å²) < 4.78 is 18.0. The third-order valence-electron chi connectivity index (χ3n) is 4.51. The standard InChI is InChI=1S/C21H22FN3O4/c1-2-29-19(26)13-14-3-7-16(8-4-14)23-21(28)24-18-11-12-25(20(18)27)17-9-5-15(22)6-10-17/h3-10,18H,2,11-13H2,1H3,(H2,23,24,28). The molecule has 3 rings (SSSR count). The molecular formula is C21H22FN3O4. The molecule has 8 heteroatoms. The number of hydrogen-bond donors (Lipinski definition) is 2. The van der Waals surface area contributed by atoms with Gasteiger partial charge in [0.2, 0.25) is 5.91 Å². The maximum atomic E-state index is 13.1. The molecule has 0 aliphatic carbocycles. The van der Waals surface area contributed by atoms with Gasteiger partial charge in [-0.25, -0.2) is 9.18 Å². The molecule has 7 nitrogen and oxygen atoms in total. The number of hydrogen-bond acceptors (Lipinski definition) is 4. The van der Waals surface area contributed by atoms with E-state index in [1.165, 1.54) is 29.2 Å². The van der Waals surface area contributed by atoms with E-state index in [1.54, 1.807) is 31.2 Å². The minimum absolute atomic E-state index is 0.163. The molecule has 2 aromatic carbocycles. The number of benzene rings is 2. The van der Waals surface area contributed by atoms with Crippen LogP contribution in [-0.4, -0.2) is 37.1 Å². The summed E-state index contributed by atoms with van der Waals surface area (Å²) >= 11 is 0. The molecule has 1 unspecified atom stereocenters. The molecule has 1 heterocycles. The first-order valence-electron chi connectivity index (χ1n) is 9.35. The smallest absolute Gasteiger partial charge is 0.319 e. The Morgan fingerprint density at radius 1 is 1.14 bits per heavy atom. The SMILES string of the molecule is CCOC(=O)Cc1ccc(NC(=O)NC2CCN(c3ccc(F)cc3)C2=O)cc1. The lowest BCUT2D eigenvalue weighted by Gasteiger charge is -2.17. The fraction of sp³-hybridized carbons (Fsp3) is 0.286. The first kappa shape index (κ1) is 20.3. The van der Waals surface area contributed by atoms with Gasteiger partial charge in [0.1, 0.15) is 11.9 Å². The molecule has 2 aromatic rings. The zero-order chi connectivity index (χ0) is 20.8. The van der Waals surface area contributed by atoms with Gasteiger partial charge in [-0.1, -0.05) is 12.1 Å². The van der Waals surface area contributed by atoms with E-state index in [0.717, 1.165) is 5.56 Å². The Balaban J connectivity index is 1.52. The van der Waals surface area contributed by atoms with Crippen molar-refractivity contribution in [3.05, 3.63) is 59.9 Å².